The smallest absolute Gasteiger partial charge is 0.210 e. The van der Waals surface area contributed by atoms with Crippen molar-refractivity contribution in [3.05, 3.63) is 47.5 Å². The Morgan fingerprint density at radius 1 is 0.810 bits per heavy atom. The van der Waals surface area contributed by atoms with Crippen LogP contribution in [-0.2, 0) is 9.84 Å². The van der Waals surface area contributed by atoms with Gasteiger partial charge < -0.3 is 10.9 Å². The number of nitrogen functional groups attached to an aromatic ring is 2. The number of hydrogen-bond acceptors (Lipinski definition) is 6. The molecule has 0 aliphatic rings. The summed E-state index contributed by atoms with van der Waals surface area (Å²) in [5, 5.41) is 0. The van der Waals surface area contributed by atoms with Crippen molar-refractivity contribution >= 4 is 21.2 Å². The van der Waals surface area contributed by atoms with Gasteiger partial charge in [0.1, 0.15) is 0 Å². The van der Waals surface area contributed by atoms with Crippen molar-refractivity contribution in [3.8, 4) is 0 Å². The summed E-state index contributed by atoms with van der Waals surface area (Å²) in [7, 11) is -3.74. The molecule has 6 N–H and O–H groups in total. The second-order valence-corrected chi connectivity index (χ2v) is 6.68. The number of nitrogens with one attached hydrogen (secondary N) is 2. The Balaban J connectivity index is 2.68. The third-order valence-corrected chi connectivity index (χ3v) is 5.03. The fourth-order valence-corrected chi connectivity index (χ4v) is 3.65. The Hall–Kier alpha value is -2.09. The standard InChI is InChI=1S/C14H18N4O2S/c1-9-3-5-13(11(7-9)17-15)21(19,20)14-6-4-10(2)8-12(14)18-16/h3-8,17-18H,15-16H2,1-2H3. The highest BCUT2D eigenvalue weighted by Crippen LogP contribution is 2.32. The minimum absolute atomic E-state index is 0.107. The third-order valence-electron chi connectivity index (χ3n) is 3.16. The highest BCUT2D eigenvalue weighted by atomic mass is 32.2. The van der Waals surface area contributed by atoms with Crippen molar-refractivity contribution < 1.29 is 8.42 Å². The Bertz CT molecular complexity index is 713. The second-order valence-electron chi connectivity index (χ2n) is 4.79. The van der Waals surface area contributed by atoms with Crippen LogP contribution in [-0.4, -0.2) is 8.42 Å². The number of aryl methyl sites for hydroxylation is 2. The van der Waals surface area contributed by atoms with Gasteiger partial charge in [0.05, 0.1) is 21.2 Å². The molecule has 0 saturated carbocycles. The predicted molar refractivity (Wildman–Crippen MR) is 83.4 cm³/mol. The van der Waals surface area contributed by atoms with E-state index in [-0.39, 0.29) is 9.79 Å². The first-order chi connectivity index (χ1) is 9.90. The maximum atomic E-state index is 12.8. The molecule has 2 aromatic carbocycles. The van der Waals surface area contributed by atoms with E-state index < -0.39 is 9.84 Å². The van der Waals surface area contributed by atoms with Crippen LogP contribution >= 0.6 is 0 Å². The lowest BCUT2D eigenvalue weighted by atomic mass is 10.2. The largest absolute Gasteiger partial charge is 0.323 e. The van der Waals surface area contributed by atoms with Crippen molar-refractivity contribution in [2.45, 2.75) is 23.6 Å². The molecule has 2 aromatic rings. The van der Waals surface area contributed by atoms with Crippen molar-refractivity contribution in [1.29, 1.82) is 0 Å². The Kier molecular flexibility index (Phi) is 4.17. The van der Waals surface area contributed by atoms with Gasteiger partial charge in [0.2, 0.25) is 9.84 Å². The van der Waals surface area contributed by atoms with Crippen LogP contribution in [0.2, 0.25) is 0 Å². The third kappa shape index (κ3) is 2.85. The number of anilines is 2. The van der Waals surface area contributed by atoms with Crippen molar-refractivity contribution in [3.63, 3.8) is 0 Å². The fraction of sp³-hybridized carbons (Fsp3) is 0.143. The highest BCUT2D eigenvalue weighted by Gasteiger charge is 2.24. The minimum Gasteiger partial charge on any atom is -0.323 e. The summed E-state index contributed by atoms with van der Waals surface area (Å²) in [4.78, 5) is 0.215. The maximum absolute atomic E-state index is 12.8. The predicted octanol–water partition coefficient (Wildman–Crippen LogP) is 1.71. The Labute approximate surface area is 124 Å². The van der Waals surface area contributed by atoms with E-state index in [1.807, 2.05) is 13.8 Å². The molecular weight excluding hydrogens is 288 g/mol. The van der Waals surface area contributed by atoms with Gasteiger partial charge in [-0.05, 0) is 49.2 Å². The van der Waals surface area contributed by atoms with Crippen molar-refractivity contribution in [2.24, 2.45) is 11.7 Å². The Morgan fingerprint density at radius 3 is 1.52 bits per heavy atom. The van der Waals surface area contributed by atoms with Crippen LogP contribution in [0.1, 0.15) is 11.1 Å². The minimum atomic E-state index is -3.74. The number of rotatable bonds is 4. The lowest BCUT2D eigenvalue weighted by Crippen LogP contribution is -2.15. The Morgan fingerprint density at radius 2 is 1.19 bits per heavy atom. The molecule has 0 aliphatic heterocycles. The molecular formula is C14H18N4O2S. The van der Waals surface area contributed by atoms with E-state index in [2.05, 4.69) is 10.9 Å². The van der Waals surface area contributed by atoms with E-state index >= 15 is 0 Å². The zero-order valence-corrected chi connectivity index (χ0v) is 12.7. The monoisotopic (exact) mass is 306 g/mol. The molecule has 0 aliphatic carbocycles. The van der Waals surface area contributed by atoms with E-state index in [1.54, 1.807) is 24.3 Å². The molecule has 2 rings (SSSR count). The zero-order valence-electron chi connectivity index (χ0n) is 11.8. The van der Waals surface area contributed by atoms with Crippen LogP contribution in [0.4, 0.5) is 11.4 Å². The maximum Gasteiger partial charge on any atom is 0.210 e. The summed E-state index contributed by atoms with van der Waals surface area (Å²) in [6.07, 6.45) is 0. The SMILES string of the molecule is Cc1ccc(S(=O)(=O)c2ccc(C)cc2NN)c(NN)c1. The van der Waals surface area contributed by atoms with Gasteiger partial charge in [-0.1, -0.05) is 12.1 Å². The molecule has 0 fully saturated rings. The van der Waals surface area contributed by atoms with Gasteiger partial charge in [-0.15, -0.1) is 0 Å². The summed E-state index contributed by atoms with van der Waals surface area (Å²) in [5.74, 6) is 10.9. The number of nitrogens with two attached hydrogens (primary N) is 2. The van der Waals surface area contributed by atoms with Gasteiger partial charge in [-0.25, -0.2) is 8.42 Å². The molecule has 0 bridgehead atoms. The van der Waals surface area contributed by atoms with Crippen LogP contribution in [0.3, 0.4) is 0 Å². The van der Waals surface area contributed by atoms with Crippen LogP contribution < -0.4 is 22.5 Å². The molecule has 0 heterocycles. The lowest BCUT2D eigenvalue weighted by molar-refractivity contribution is 0.596. The number of sulfone groups is 1. The normalized spacial score (nSPS) is 11.2. The average molecular weight is 306 g/mol. The van der Waals surface area contributed by atoms with Gasteiger partial charge in [-0.3, -0.25) is 11.7 Å². The van der Waals surface area contributed by atoms with Gasteiger partial charge in [0, 0.05) is 0 Å². The van der Waals surface area contributed by atoms with Crippen LogP contribution in [0, 0.1) is 13.8 Å². The van der Waals surface area contributed by atoms with E-state index in [0.717, 1.165) is 11.1 Å². The summed E-state index contributed by atoms with van der Waals surface area (Å²) >= 11 is 0. The molecule has 21 heavy (non-hydrogen) atoms. The summed E-state index contributed by atoms with van der Waals surface area (Å²) in [6.45, 7) is 3.71. The van der Waals surface area contributed by atoms with Crippen LogP contribution in [0.5, 0.6) is 0 Å². The van der Waals surface area contributed by atoms with E-state index in [0.29, 0.717) is 11.4 Å². The first kappa shape index (κ1) is 15.3. The first-order valence-corrected chi connectivity index (χ1v) is 7.78. The molecule has 0 saturated heterocycles. The zero-order chi connectivity index (χ0) is 15.6. The summed E-state index contributed by atoms with van der Waals surface area (Å²) in [5.41, 5.74) is 7.36. The molecule has 0 unspecified atom stereocenters. The summed E-state index contributed by atoms with van der Waals surface area (Å²) in [6, 6.07) is 9.85. The molecule has 112 valence electrons. The topological polar surface area (TPSA) is 110 Å². The lowest BCUT2D eigenvalue weighted by Gasteiger charge is -2.14. The summed E-state index contributed by atoms with van der Waals surface area (Å²) < 4.78 is 25.6. The van der Waals surface area contributed by atoms with Gasteiger partial charge in [-0.2, -0.15) is 0 Å². The van der Waals surface area contributed by atoms with Gasteiger partial charge in [0.25, 0.3) is 0 Å². The second kappa shape index (κ2) is 5.72. The number of hydrogen-bond donors (Lipinski definition) is 4. The average Bonchev–Trinajstić information content (AvgIpc) is 2.46. The van der Waals surface area contributed by atoms with Gasteiger partial charge in [0.15, 0.2) is 0 Å². The quantitative estimate of drug-likeness (QED) is 0.505. The van der Waals surface area contributed by atoms with Crippen molar-refractivity contribution in [1.82, 2.24) is 0 Å². The number of benzene rings is 2. The van der Waals surface area contributed by atoms with Crippen molar-refractivity contribution in [2.75, 3.05) is 10.9 Å². The van der Waals surface area contributed by atoms with E-state index in [4.69, 9.17) is 11.7 Å². The van der Waals surface area contributed by atoms with Crippen LogP contribution in [0.15, 0.2) is 46.2 Å². The number of hydrazine groups is 2. The molecule has 6 nitrogen and oxygen atoms in total. The molecule has 7 heteroatoms. The highest BCUT2D eigenvalue weighted by molar-refractivity contribution is 7.91. The first-order valence-electron chi connectivity index (χ1n) is 6.29. The fourth-order valence-electron chi connectivity index (χ4n) is 2.10. The van der Waals surface area contributed by atoms with E-state index in [9.17, 15) is 8.42 Å². The molecule has 0 amide bonds. The van der Waals surface area contributed by atoms with Crippen LogP contribution in [0.25, 0.3) is 0 Å². The molecule has 0 radical (unpaired) electrons. The van der Waals surface area contributed by atoms with E-state index in [1.165, 1.54) is 12.1 Å². The van der Waals surface area contributed by atoms with Gasteiger partial charge >= 0.3 is 0 Å². The molecule has 0 spiro atoms. The molecule has 0 aromatic heterocycles. The molecule has 0 atom stereocenters.